The molecule has 120 valence electrons. The molecule has 0 saturated carbocycles. The predicted molar refractivity (Wildman–Crippen MR) is 92.2 cm³/mol. The third-order valence-corrected chi connectivity index (χ3v) is 5.49. The van der Waals surface area contributed by atoms with Gasteiger partial charge in [-0.15, -0.1) is 11.3 Å². The van der Waals surface area contributed by atoms with Crippen molar-refractivity contribution in [3.05, 3.63) is 33.5 Å². The summed E-state index contributed by atoms with van der Waals surface area (Å²) in [6, 6.07) is 0. The molecule has 5 nitrogen and oxygen atoms in total. The number of hydrogen-bond donors (Lipinski definition) is 1. The van der Waals surface area contributed by atoms with E-state index < -0.39 is 0 Å². The summed E-state index contributed by atoms with van der Waals surface area (Å²) in [5.41, 5.74) is 3.96. The Morgan fingerprint density at radius 3 is 2.87 bits per heavy atom. The van der Waals surface area contributed by atoms with Crippen LogP contribution in [0.3, 0.4) is 0 Å². The Balaban J connectivity index is 2.17. The molecule has 1 aliphatic heterocycles. The summed E-state index contributed by atoms with van der Waals surface area (Å²) < 4.78 is 6.67. The maximum absolute atomic E-state index is 12.1. The van der Waals surface area contributed by atoms with Crippen LogP contribution in [0.15, 0.2) is 11.1 Å². The van der Waals surface area contributed by atoms with Crippen LogP contribution in [0.4, 0.5) is 0 Å². The second kappa shape index (κ2) is 4.85. The van der Waals surface area contributed by atoms with Crippen LogP contribution in [0.5, 0.6) is 0 Å². The second-order valence-corrected chi connectivity index (χ2v) is 8.02. The lowest BCUT2D eigenvalue weighted by Crippen LogP contribution is -2.33. The van der Waals surface area contributed by atoms with Gasteiger partial charge in [0.05, 0.1) is 29.7 Å². The van der Waals surface area contributed by atoms with Gasteiger partial charge in [0.1, 0.15) is 9.53 Å². The Morgan fingerprint density at radius 1 is 1.35 bits per heavy atom. The molecule has 3 aromatic rings. The topological polar surface area (TPSA) is 67.9 Å². The van der Waals surface area contributed by atoms with Crippen molar-refractivity contribution in [3.63, 3.8) is 0 Å². The van der Waals surface area contributed by atoms with E-state index in [4.69, 9.17) is 9.72 Å². The molecule has 0 bridgehead atoms. The molecule has 0 amide bonds. The number of nitrogens with one attached hydrogen (secondary N) is 1. The smallest absolute Gasteiger partial charge is 0.268 e. The van der Waals surface area contributed by atoms with Gasteiger partial charge in [-0.25, -0.2) is 9.97 Å². The average Bonchev–Trinajstić information content (AvgIpc) is 2.85. The maximum atomic E-state index is 12.1. The SMILES string of the molecule is CC(C)c1nc2sc3c(=O)[nH]cnc3c2c2c1COC(C)(C)C2. The largest absolute Gasteiger partial charge is 0.370 e. The van der Waals surface area contributed by atoms with E-state index in [2.05, 4.69) is 37.7 Å². The lowest BCUT2D eigenvalue weighted by Gasteiger charge is -2.33. The van der Waals surface area contributed by atoms with E-state index in [0.29, 0.717) is 17.2 Å². The first-order chi connectivity index (χ1) is 10.9. The summed E-state index contributed by atoms with van der Waals surface area (Å²) in [5, 5.41) is 1.03. The maximum Gasteiger partial charge on any atom is 0.268 e. The zero-order chi connectivity index (χ0) is 16.4. The second-order valence-electron chi connectivity index (χ2n) is 7.03. The first kappa shape index (κ1) is 14.8. The number of rotatable bonds is 1. The quantitative estimate of drug-likeness (QED) is 0.742. The molecule has 4 rings (SSSR count). The van der Waals surface area contributed by atoms with Gasteiger partial charge in [0.2, 0.25) is 0 Å². The fourth-order valence-electron chi connectivity index (χ4n) is 3.32. The van der Waals surface area contributed by atoms with Gasteiger partial charge in [0.25, 0.3) is 5.56 Å². The Labute approximate surface area is 137 Å². The fourth-order valence-corrected chi connectivity index (χ4v) is 4.38. The molecule has 0 saturated heterocycles. The van der Waals surface area contributed by atoms with Crippen LogP contribution in [0.2, 0.25) is 0 Å². The first-order valence-corrected chi connectivity index (χ1v) is 8.64. The van der Waals surface area contributed by atoms with Crippen LogP contribution in [0.25, 0.3) is 20.4 Å². The zero-order valence-corrected chi connectivity index (χ0v) is 14.5. The van der Waals surface area contributed by atoms with E-state index in [0.717, 1.165) is 27.8 Å². The summed E-state index contributed by atoms with van der Waals surface area (Å²) in [6.07, 6.45) is 2.28. The van der Waals surface area contributed by atoms with Crippen molar-refractivity contribution >= 4 is 31.8 Å². The molecule has 0 unspecified atom stereocenters. The van der Waals surface area contributed by atoms with E-state index in [1.807, 2.05) is 0 Å². The molecule has 0 aliphatic carbocycles. The summed E-state index contributed by atoms with van der Waals surface area (Å²) in [7, 11) is 0. The van der Waals surface area contributed by atoms with Crippen molar-refractivity contribution in [1.29, 1.82) is 0 Å². The number of ether oxygens (including phenoxy) is 1. The molecule has 0 spiro atoms. The van der Waals surface area contributed by atoms with E-state index in [-0.39, 0.29) is 11.2 Å². The van der Waals surface area contributed by atoms with Gasteiger partial charge in [0.15, 0.2) is 0 Å². The number of thiophene rings is 1. The highest BCUT2D eigenvalue weighted by Gasteiger charge is 2.32. The number of hydrogen-bond acceptors (Lipinski definition) is 5. The Bertz CT molecular complexity index is 985. The van der Waals surface area contributed by atoms with Gasteiger partial charge in [-0.05, 0) is 25.3 Å². The van der Waals surface area contributed by atoms with Crippen molar-refractivity contribution in [2.24, 2.45) is 0 Å². The minimum Gasteiger partial charge on any atom is -0.370 e. The molecule has 0 fully saturated rings. The molecule has 0 radical (unpaired) electrons. The van der Waals surface area contributed by atoms with E-state index in [1.54, 1.807) is 0 Å². The normalized spacial score (nSPS) is 17.1. The number of pyridine rings is 1. The molecular formula is C17H19N3O2S. The van der Waals surface area contributed by atoms with Crippen molar-refractivity contribution in [2.45, 2.75) is 52.2 Å². The molecule has 1 aliphatic rings. The van der Waals surface area contributed by atoms with Gasteiger partial charge in [-0.3, -0.25) is 4.79 Å². The van der Waals surface area contributed by atoms with Crippen molar-refractivity contribution in [3.8, 4) is 0 Å². The van der Waals surface area contributed by atoms with Crippen molar-refractivity contribution in [1.82, 2.24) is 15.0 Å². The number of fused-ring (bicyclic) bond motifs is 5. The third-order valence-electron chi connectivity index (χ3n) is 4.41. The molecule has 1 N–H and O–H groups in total. The van der Waals surface area contributed by atoms with Crippen LogP contribution < -0.4 is 5.56 Å². The molecule has 0 aromatic carbocycles. The summed E-state index contributed by atoms with van der Waals surface area (Å²) in [5.74, 6) is 0.314. The molecule has 6 heteroatoms. The molecule has 0 atom stereocenters. The highest BCUT2D eigenvalue weighted by Crippen LogP contribution is 2.40. The van der Waals surface area contributed by atoms with Crippen LogP contribution in [-0.4, -0.2) is 20.6 Å². The van der Waals surface area contributed by atoms with Crippen LogP contribution in [0, 0.1) is 0 Å². The van der Waals surface area contributed by atoms with Gasteiger partial charge >= 0.3 is 0 Å². The van der Waals surface area contributed by atoms with Crippen LogP contribution in [0.1, 0.15) is 50.4 Å². The Hall–Kier alpha value is -1.79. The number of H-pyrrole nitrogens is 1. The standard InChI is InChI=1S/C17H19N3O2S/c1-8(2)12-10-6-22-17(3,4)5-9(10)11-13-14(23-16(11)20-12)15(21)19-7-18-13/h7-8H,5-6H2,1-4H3,(H,18,19,21). The lowest BCUT2D eigenvalue weighted by molar-refractivity contribution is -0.0402. The number of nitrogens with zero attached hydrogens (tertiary/aromatic N) is 2. The lowest BCUT2D eigenvalue weighted by atomic mass is 9.87. The highest BCUT2D eigenvalue weighted by atomic mass is 32.1. The number of aromatic nitrogens is 3. The first-order valence-electron chi connectivity index (χ1n) is 7.83. The summed E-state index contributed by atoms with van der Waals surface area (Å²) in [4.78, 5) is 25.0. The summed E-state index contributed by atoms with van der Waals surface area (Å²) >= 11 is 1.43. The molecular weight excluding hydrogens is 310 g/mol. The van der Waals surface area contributed by atoms with Crippen molar-refractivity contribution in [2.75, 3.05) is 0 Å². The van der Waals surface area contributed by atoms with Gasteiger partial charge in [-0.1, -0.05) is 13.8 Å². The van der Waals surface area contributed by atoms with Crippen LogP contribution >= 0.6 is 11.3 Å². The highest BCUT2D eigenvalue weighted by molar-refractivity contribution is 7.25. The van der Waals surface area contributed by atoms with Gasteiger partial charge < -0.3 is 9.72 Å². The Morgan fingerprint density at radius 2 is 2.13 bits per heavy atom. The average molecular weight is 329 g/mol. The summed E-state index contributed by atoms with van der Waals surface area (Å²) in [6.45, 7) is 9.07. The Kier molecular flexibility index (Phi) is 3.12. The van der Waals surface area contributed by atoms with E-state index in [1.165, 1.54) is 28.8 Å². The van der Waals surface area contributed by atoms with E-state index >= 15 is 0 Å². The van der Waals surface area contributed by atoms with Crippen LogP contribution in [-0.2, 0) is 17.8 Å². The van der Waals surface area contributed by atoms with Gasteiger partial charge in [0, 0.05) is 17.4 Å². The fraction of sp³-hybridized carbons (Fsp3) is 0.471. The predicted octanol–water partition coefficient (Wildman–Crippen LogP) is 3.51. The number of aromatic amines is 1. The molecule has 4 heterocycles. The minimum atomic E-state index is -0.217. The van der Waals surface area contributed by atoms with E-state index in [9.17, 15) is 4.79 Å². The minimum absolute atomic E-state index is 0.0934. The van der Waals surface area contributed by atoms with Gasteiger partial charge in [-0.2, -0.15) is 0 Å². The molecule has 3 aromatic heterocycles. The monoisotopic (exact) mass is 329 g/mol. The third kappa shape index (κ3) is 2.20. The molecule has 23 heavy (non-hydrogen) atoms. The van der Waals surface area contributed by atoms with Crippen molar-refractivity contribution < 1.29 is 4.74 Å². The zero-order valence-electron chi connectivity index (χ0n) is 13.7.